The second kappa shape index (κ2) is 4.46. The summed E-state index contributed by atoms with van der Waals surface area (Å²) >= 11 is 0. The number of fused-ring (bicyclic) bond motifs is 1. The molecule has 19 heavy (non-hydrogen) atoms. The highest BCUT2D eigenvalue weighted by Gasteiger charge is 2.04. The molecule has 0 atom stereocenters. The van der Waals surface area contributed by atoms with Crippen molar-refractivity contribution in [3.63, 3.8) is 0 Å². The number of aromatic amines is 1. The summed E-state index contributed by atoms with van der Waals surface area (Å²) in [6, 6.07) is 10.7. The third-order valence-corrected chi connectivity index (χ3v) is 3.45. The van der Waals surface area contributed by atoms with E-state index in [-0.39, 0.29) is 0 Å². The summed E-state index contributed by atoms with van der Waals surface area (Å²) in [7, 11) is 6.19. The Morgan fingerprint density at radius 2 is 1.84 bits per heavy atom. The van der Waals surface area contributed by atoms with Crippen molar-refractivity contribution in [2.75, 3.05) is 19.0 Å². The fourth-order valence-corrected chi connectivity index (χ4v) is 2.24. The van der Waals surface area contributed by atoms with Crippen LogP contribution in [0.3, 0.4) is 0 Å². The Hall–Kier alpha value is -2.23. The van der Waals surface area contributed by atoms with Crippen molar-refractivity contribution in [3.05, 3.63) is 42.7 Å². The molecule has 3 rings (SSSR count). The maximum absolute atomic E-state index is 4.47. The Balaban J connectivity index is 2.05. The highest BCUT2D eigenvalue weighted by molar-refractivity contribution is 6.38. The molecule has 0 radical (unpaired) electrons. The molecule has 1 N–H and O–H groups in total. The molecule has 0 fully saturated rings. The lowest BCUT2D eigenvalue weighted by Gasteiger charge is -2.12. The number of H-pyrrole nitrogens is 1. The van der Waals surface area contributed by atoms with Gasteiger partial charge < -0.3 is 9.88 Å². The predicted molar refractivity (Wildman–Crippen MR) is 84.0 cm³/mol. The van der Waals surface area contributed by atoms with Crippen molar-refractivity contribution >= 4 is 30.0 Å². The molecule has 0 spiro atoms. The number of anilines is 1. The zero-order chi connectivity index (χ0) is 13.4. The van der Waals surface area contributed by atoms with Gasteiger partial charge in [0, 0.05) is 36.9 Å². The van der Waals surface area contributed by atoms with E-state index in [9.17, 15) is 0 Å². The summed E-state index contributed by atoms with van der Waals surface area (Å²) in [4.78, 5) is 9.74. The lowest BCUT2D eigenvalue weighted by Crippen LogP contribution is -2.07. The van der Waals surface area contributed by atoms with Crippen LogP contribution < -0.4 is 10.4 Å². The molecule has 0 bridgehead atoms. The third kappa shape index (κ3) is 2.10. The first kappa shape index (κ1) is 11.8. The van der Waals surface area contributed by atoms with Gasteiger partial charge in [0.25, 0.3) is 0 Å². The van der Waals surface area contributed by atoms with Gasteiger partial charge in [-0.2, -0.15) is 0 Å². The van der Waals surface area contributed by atoms with Crippen LogP contribution in [0.1, 0.15) is 0 Å². The molecule has 4 heteroatoms. The molecule has 0 aliphatic rings. The van der Waals surface area contributed by atoms with Crippen LogP contribution in [-0.4, -0.2) is 31.9 Å². The first-order valence-electron chi connectivity index (χ1n) is 6.36. The van der Waals surface area contributed by atoms with Gasteiger partial charge in [-0.05, 0) is 30.0 Å². The highest BCUT2D eigenvalue weighted by atomic mass is 15.1. The van der Waals surface area contributed by atoms with Crippen LogP contribution in [-0.2, 0) is 0 Å². The quantitative estimate of drug-likeness (QED) is 0.699. The fraction of sp³-hybridized carbons (Fsp3) is 0.133. The second-order valence-corrected chi connectivity index (χ2v) is 5.03. The number of aromatic nitrogens is 2. The van der Waals surface area contributed by atoms with Crippen LogP contribution in [0.4, 0.5) is 5.69 Å². The summed E-state index contributed by atoms with van der Waals surface area (Å²) in [6.07, 6.45) is 3.92. The Labute approximate surface area is 113 Å². The smallest absolute Gasteiger partial charge is 0.142 e. The van der Waals surface area contributed by atoms with Crippen LogP contribution in [0.15, 0.2) is 42.7 Å². The normalized spacial score (nSPS) is 10.8. The summed E-state index contributed by atoms with van der Waals surface area (Å²) in [6.45, 7) is 0. The van der Waals surface area contributed by atoms with E-state index >= 15 is 0 Å². The maximum Gasteiger partial charge on any atom is 0.142 e. The van der Waals surface area contributed by atoms with Crippen LogP contribution in [0, 0.1) is 0 Å². The fourth-order valence-electron chi connectivity index (χ4n) is 2.24. The second-order valence-electron chi connectivity index (χ2n) is 5.03. The first-order chi connectivity index (χ1) is 9.15. The van der Waals surface area contributed by atoms with Crippen LogP contribution in [0.25, 0.3) is 22.2 Å². The predicted octanol–water partition coefficient (Wildman–Crippen LogP) is 1.55. The highest BCUT2D eigenvalue weighted by Crippen LogP contribution is 2.23. The van der Waals surface area contributed by atoms with Crippen molar-refractivity contribution in [2.24, 2.45) is 0 Å². The zero-order valence-electron chi connectivity index (χ0n) is 11.4. The minimum atomic E-state index is 0.950. The average Bonchev–Trinajstić information content (AvgIpc) is 2.80. The minimum absolute atomic E-state index is 0.950. The van der Waals surface area contributed by atoms with Gasteiger partial charge in [-0.1, -0.05) is 17.6 Å². The Kier molecular flexibility index (Phi) is 2.78. The van der Waals surface area contributed by atoms with Crippen LogP contribution in [0.5, 0.6) is 0 Å². The van der Waals surface area contributed by atoms with Gasteiger partial charge in [-0.15, -0.1) is 0 Å². The Bertz CT molecular complexity index is 714. The van der Waals surface area contributed by atoms with E-state index in [4.69, 9.17) is 0 Å². The molecule has 0 aliphatic carbocycles. The summed E-state index contributed by atoms with van der Waals surface area (Å²) < 4.78 is 0. The third-order valence-electron chi connectivity index (χ3n) is 3.45. The number of hydrogen-bond acceptors (Lipinski definition) is 2. The number of benzene rings is 1. The van der Waals surface area contributed by atoms with E-state index < -0.39 is 0 Å². The van der Waals surface area contributed by atoms with Gasteiger partial charge in [-0.25, -0.2) is 4.98 Å². The molecule has 3 aromatic rings. The molecule has 1 aromatic carbocycles. The topological polar surface area (TPSA) is 31.9 Å². The molecular weight excluding hydrogens is 233 g/mol. The largest absolute Gasteiger partial charge is 0.378 e. The van der Waals surface area contributed by atoms with Crippen molar-refractivity contribution in [1.82, 2.24) is 9.97 Å². The number of pyridine rings is 1. The number of hydrogen-bond donors (Lipinski definition) is 1. The molecule has 94 valence electrons. The van der Waals surface area contributed by atoms with Crippen molar-refractivity contribution in [3.8, 4) is 11.1 Å². The minimum Gasteiger partial charge on any atom is -0.378 e. The number of rotatable bonds is 2. The summed E-state index contributed by atoms with van der Waals surface area (Å²) in [5, 5.41) is 1.19. The van der Waals surface area contributed by atoms with Gasteiger partial charge in [-0.3, -0.25) is 0 Å². The number of nitrogens with zero attached hydrogens (tertiary/aromatic N) is 2. The molecule has 0 unspecified atom stereocenters. The van der Waals surface area contributed by atoms with Gasteiger partial charge in [0.2, 0.25) is 0 Å². The molecule has 0 saturated heterocycles. The van der Waals surface area contributed by atoms with Crippen molar-refractivity contribution in [1.29, 1.82) is 0 Å². The van der Waals surface area contributed by atoms with E-state index in [0.29, 0.717) is 0 Å². The van der Waals surface area contributed by atoms with Crippen molar-refractivity contribution in [2.45, 2.75) is 0 Å². The van der Waals surface area contributed by atoms with Gasteiger partial charge in [0.1, 0.15) is 13.5 Å². The SMILES string of the molecule is Bc1c[nH]c2ncc(-c3ccc(N(C)C)cc3)cc12. The van der Waals surface area contributed by atoms with Crippen molar-refractivity contribution < 1.29 is 0 Å². The van der Waals surface area contributed by atoms with Crippen LogP contribution >= 0.6 is 0 Å². The molecule has 0 saturated carbocycles. The van der Waals surface area contributed by atoms with E-state index in [1.54, 1.807) is 0 Å². The Morgan fingerprint density at radius 3 is 2.53 bits per heavy atom. The molecule has 0 amide bonds. The average molecular weight is 249 g/mol. The number of nitrogens with one attached hydrogen (secondary N) is 1. The standard InChI is InChI=1S/C15H16BN3/c1-19(2)12-5-3-10(4-6-12)11-7-13-14(16)9-18-15(13)17-8-11/h3-9H,16H2,1-2H3,(H,17,18). The molecular formula is C15H16BN3. The van der Waals surface area contributed by atoms with E-state index in [1.165, 1.54) is 22.1 Å². The molecule has 3 nitrogen and oxygen atoms in total. The van der Waals surface area contributed by atoms with Crippen LogP contribution in [0.2, 0.25) is 0 Å². The molecule has 2 aromatic heterocycles. The van der Waals surface area contributed by atoms with Gasteiger partial charge >= 0.3 is 0 Å². The van der Waals surface area contributed by atoms with E-state index in [0.717, 1.165) is 11.2 Å². The van der Waals surface area contributed by atoms with E-state index in [1.807, 2.05) is 26.5 Å². The summed E-state index contributed by atoms with van der Waals surface area (Å²) in [5.74, 6) is 0. The molecule has 0 aliphatic heterocycles. The maximum atomic E-state index is 4.47. The lowest BCUT2D eigenvalue weighted by molar-refractivity contribution is 1.13. The Morgan fingerprint density at radius 1 is 1.11 bits per heavy atom. The first-order valence-corrected chi connectivity index (χ1v) is 6.36. The lowest BCUT2D eigenvalue weighted by atomic mass is 9.95. The zero-order valence-corrected chi connectivity index (χ0v) is 11.4. The summed E-state index contributed by atoms with van der Waals surface area (Å²) in [5.41, 5.74) is 5.73. The molecule has 2 heterocycles. The monoisotopic (exact) mass is 249 g/mol. The van der Waals surface area contributed by atoms with Gasteiger partial charge in [0.15, 0.2) is 0 Å². The van der Waals surface area contributed by atoms with E-state index in [2.05, 4.69) is 53.0 Å². The van der Waals surface area contributed by atoms with Gasteiger partial charge in [0.05, 0.1) is 0 Å².